The van der Waals surface area contributed by atoms with Gasteiger partial charge in [-0.15, -0.1) is 11.8 Å². The lowest BCUT2D eigenvalue weighted by atomic mass is 10.2. The zero-order valence-electron chi connectivity index (χ0n) is 9.78. The van der Waals surface area contributed by atoms with Crippen LogP contribution in [0.25, 0.3) is 0 Å². The van der Waals surface area contributed by atoms with E-state index in [9.17, 15) is 4.79 Å². The normalized spacial score (nSPS) is 12.2. The molecule has 1 rings (SSSR count). The van der Waals surface area contributed by atoms with Gasteiger partial charge in [-0.25, -0.2) is 0 Å². The first kappa shape index (κ1) is 14.4. The van der Waals surface area contributed by atoms with E-state index in [0.717, 1.165) is 15.7 Å². The number of thioether (sulfide) groups is 1. The van der Waals surface area contributed by atoms with Gasteiger partial charge >= 0.3 is 0 Å². The molecule has 0 radical (unpaired) electrons. The Labute approximate surface area is 111 Å². The molecule has 0 saturated heterocycles. The molecule has 1 aromatic carbocycles. The number of halogens is 1. The van der Waals surface area contributed by atoms with Gasteiger partial charge in [0.15, 0.2) is 0 Å². The summed E-state index contributed by atoms with van der Waals surface area (Å²) in [5.41, 5.74) is 5.52. The molecule has 17 heavy (non-hydrogen) atoms. The molecule has 1 amide bonds. The highest BCUT2D eigenvalue weighted by Gasteiger charge is 2.03. The summed E-state index contributed by atoms with van der Waals surface area (Å²) in [6.07, 6.45) is 0.381. The van der Waals surface area contributed by atoms with Crippen LogP contribution in [-0.2, 0) is 4.79 Å². The summed E-state index contributed by atoms with van der Waals surface area (Å²) in [5.74, 6) is 0.850. The average molecular weight is 273 g/mol. The largest absolute Gasteiger partial charge is 0.355 e. The molecule has 94 valence electrons. The number of carbonyl (C=O) groups is 1. The van der Waals surface area contributed by atoms with E-state index in [0.29, 0.717) is 13.0 Å². The van der Waals surface area contributed by atoms with E-state index in [-0.39, 0.29) is 11.9 Å². The molecule has 0 aliphatic carbocycles. The van der Waals surface area contributed by atoms with E-state index >= 15 is 0 Å². The summed E-state index contributed by atoms with van der Waals surface area (Å²) in [4.78, 5) is 12.4. The Morgan fingerprint density at radius 2 is 2.12 bits per heavy atom. The van der Waals surface area contributed by atoms with Crippen molar-refractivity contribution in [2.45, 2.75) is 24.3 Å². The lowest BCUT2D eigenvalue weighted by Gasteiger charge is -2.07. The van der Waals surface area contributed by atoms with Gasteiger partial charge < -0.3 is 11.1 Å². The Morgan fingerprint density at radius 1 is 1.47 bits per heavy atom. The zero-order valence-corrected chi connectivity index (χ0v) is 11.4. The molecule has 0 fully saturated rings. The SMILES string of the molecule is CC(N)CC(=O)NCCSc1ccc(Cl)cc1. The van der Waals surface area contributed by atoms with Crippen LogP contribution in [0.1, 0.15) is 13.3 Å². The Hall–Kier alpha value is -0.710. The summed E-state index contributed by atoms with van der Waals surface area (Å²) >= 11 is 7.47. The maximum Gasteiger partial charge on any atom is 0.221 e. The van der Waals surface area contributed by atoms with Gasteiger partial charge in [0.1, 0.15) is 0 Å². The first-order valence-corrected chi connectivity index (χ1v) is 6.85. The molecule has 1 unspecified atom stereocenters. The van der Waals surface area contributed by atoms with Crippen LogP contribution in [0.2, 0.25) is 5.02 Å². The second-order valence-corrected chi connectivity index (χ2v) is 5.44. The molecule has 3 nitrogen and oxygen atoms in total. The molecule has 3 N–H and O–H groups in total. The maximum absolute atomic E-state index is 11.3. The van der Waals surface area contributed by atoms with Gasteiger partial charge in [-0.2, -0.15) is 0 Å². The van der Waals surface area contributed by atoms with Gasteiger partial charge in [-0.1, -0.05) is 11.6 Å². The minimum absolute atomic E-state index is 0.0108. The monoisotopic (exact) mass is 272 g/mol. The number of benzene rings is 1. The van der Waals surface area contributed by atoms with Crippen LogP contribution in [-0.4, -0.2) is 24.2 Å². The number of hydrogen-bond donors (Lipinski definition) is 2. The van der Waals surface area contributed by atoms with Crippen molar-refractivity contribution < 1.29 is 4.79 Å². The topological polar surface area (TPSA) is 55.1 Å². The average Bonchev–Trinajstić information content (AvgIpc) is 2.26. The lowest BCUT2D eigenvalue weighted by Crippen LogP contribution is -2.31. The van der Waals surface area contributed by atoms with E-state index in [1.807, 2.05) is 31.2 Å². The molecule has 0 bridgehead atoms. The molecule has 1 aromatic rings. The fourth-order valence-corrected chi connectivity index (χ4v) is 2.15. The molecule has 0 spiro atoms. The maximum atomic E-state index is 11.3. The third-order valence-corrected chi connectivity index (χ3v) is 3.28. The first-order valence-electron chi connectivity index (χ1n) is 5.48. The lowest BCUT2D eigenvalue weighted by molar-refractivity contribution is -0.121. The van der Waals surface area contributed by atoms with Crippen molar-refractivity contribution >= 4 is 29.3 Å². The summed E-state index contributed by atoms with van der Waals surface area (Å²) < 4.78 is 0. The predicted molar refractivity (Wildman–Crippen MR) is 73.5 cm³/mol. The Bertz CT molecular complexity index is 354. The number of amides is 1. The first-order chi connectivity index (χ1) is 8.08. The highest BCUT2D eigenvalue weighted by Crippen LogP contribution is 2.19. The highest BCUT2D eigenvalue weighted by molar-refractivity contribution is 7.99. The minimum Gasteiger partial charge on any atom is -0.355 e. The van der Waals surface area contributed by atoms with Crippen molar-refractivity contribution in [3.8, 4) is 0 Å². The van der Waals surface area contributed by atoms with Crippen molar-refractivity contribution in [3.63, 3.8) is 0 Å². The summed E-state index contributed by atoms with van der Waals surface area (Å²) in [6, 6.07) is 7.57. The molecule has 0 saturated carbocycles. The van der Waals surface area contributed by atoms with Crippen LogP contribution >= 0.6 is 23.4 Å². The highest BCUT2D eigenvalue weighted by atomic mass is 35.5. The van der Waals surface area contributed by atoms with Crippen LogP contribution in [0.4, 0.5) is 0 Å². The molecule has 5 heteroatoms. The molecule has 1 atom stereocenters. The van der Waals surface area contributed by atoms with E-state index in [4.69, 9.17) is 17.3 Å². The third kappa shape index (κ3) is 6.56. The summed E-state index contributed by atoms with van der Waals surface area (Å²) in [6.45, 7) is 2.47. The van der Waals surface area contributed by atoms with Gasteiger partial charge in [0, 0.05) is 34.7 Å². The standard InChI is InChI=1S/C12H17ClN2OS/c1-9(14)8-12(16)15-6-7-17-11-4-2-10(13)3-5-11/h2-5,9H,6-8,14H2,1H3,(H,15,16). The Balaban J connectivity index is 2.16. The van der Waals surface area contributed by atoms with Crippen molar-refractivity contribution in [3.05, 3.63) is 29.3 Å². The second-order valence-electron chi connectivity index (χ2n) is 3.83. The molecule has 0 aliphatic rings. The van der Waals surface area contributed by atoms with Crippen LogP contribution < -0.4 is 11.1 Å². The van der Waals surface area contributed by atoms with E-state index < -0.39 is 0 Å². The molecule has 0 aliphatic heterocycles. The Morgan fingerprint density at radius 3 is 2.71 bits per heavy atom. The van der Waals surface area contributed by atoms with E-state index in [2.05, 4.69) is 5.32 Å². The van der Waals surface area contributed by atoms with E-state index in [1.165, 1.54) is 0 Å². The number of rotatable bonds is 6. The quantitative estimate of drug-likeness (QED) is 0.617. The van der Waals surface area contributed by atoms with Crippen molar-refractivity contribution in [1.82, 2.24) is 5.32 Å². The molecule has 0 aromatic heterocycles. The smallest absolute Gasteiger partial charge is 0.221 e. The van der Waals surface area contributed by atoms with Crippen LogP contribution in [0, 0.1) is 0 Å². The van der Waals surface area contributed by atoms with Gasteiger partial charge in [0.05, 0.1) is 0 Å². The zero-order chi connectivity index (χ0) is 12.7. The Kier molecular flexibility index (Phi) is 6.40. The minimum atomic E-state index is -0.0843. The molecular formula is C12H17ClN2OS. The van der Waals surface area contributed by atoms with Gasteiger partial charge in [0.2, 0.25) is 5.91 Å². The number of nitrogens with two attached hydrogens (primary N) is 1. The van der Waals surface area contributed by atoms with Crippen molar-refractivity contribution in [1.29, 1.82) is 0 Å². The fourth-order valence-electron chi connectivity index (χ4n) is 1.25. The molecule has 0 heterocycles. The number of hydrogen-bond acceptors (Lipinski definition) is 3. The van der Waals surface area contributed by atoms with Gasteiger partial charge in [0.25, 0.3) is 0 Å². The van der Waals surface area contributed by atoms with Gasteiger partial charge in [-0.05, 0) is 31.2 Å². The summed E-state index contributed by atoms with van der Waals surface area (Å²) in [7, 11) is 0. The van der Waals surface area contributed by atoms with Crippen LogP contribution in [0.5, 0.6) is 0 Å². The van der Waals surface area contributed by atoms with Crippen molar-refractivity contribution in [2.75, 3.05) is 12.3 Å². The third-order valence-electron chi connectivity index (χ3n) is 2.01. The summed E-state index contributed by atoms with van der Waals surface area (Å²) in [5, 5.41) is 3.57. The van der Waals surface area contributed by atoms with Crippen LogP contribution in [0.3, 0.4) is 0 Å². The second kappa shape index (κ2) is 7.58. The van der Waals surface area contributed by atoms with Crippen LogP contribution in [0.15, 0.2) is 29.2 Å². The van der Waals surface area contributed by atoms with Gasteiger partial charge in [-0.3, -0.25) is 4.79 Å². The van der Waals surface area contributed by atoms with Crippen molar-refractivity contribution in [2.24, 2.45) is 5.73 Å². The number of nitrogens with one attached hydrogen (secondary N) is 1. The number of carbonyl (C=O) groups excluding carboxylic acids is 1. The molecular weight excluding hydrogens is 256 g/mol. The predicted octanol–water partition coefficient (Wildman–Crippen LogP) is 2.29. The fraction of sp³-hybridized carbons (Fsp3) is 0.417. The van der Waals surface area contributed by atoms with E-state index in [1.54, 1.807) is 11.8 Å².